The third-order valence-corrected chi connectivity index (χ3v) is 5.89. The number of carbonyl (C=O) groups excluding carboxylic acids is 1. The first kappa shape index (κ1) is 23.7. The molecule has 172 valence electrons. The van der Waals surface area contributed by atoms with Crippen LogP contribution < -0.4 is 21.3 Å². The van der Waals surface area contributed by atoms with Crippen LogP contribution in [0.5, 0.6) is 0 Å². The van der Waals surface area contributed by atoms with Gasteiger partial charge >= 0.3 is 0 Å². The molecule has 32 heavy (non-hydrogen) atoms. The van der Waals surface area contributed by atoms with Crippen molar-refractivity contribution in [3.05, 3.63) is 60.3 Å². The summed E-state index contributed by atoms with van der Waals surface area (Å²) in [5, 5.41) is 13.3. The van der Waals surface area contributed by atoms with Crippen molar-refractivity contribution in [2.75, 3.05) is 21.3 Å². The van der Waals surface area contributed by atoms with Crippen LogP contribution in [0, 0.1) is 5.92 Å². The lowest BCUT2D eigenvalue weighted by atomic mass is 10.00. The Balaban J connectivity index is 1.50. The van der Waals surface area contributed by atoms with Gasteiger partial charge in [0.1, 0.15) is 0 Å². The molecule has 0 bridgehead atoms. The molecule has 0 radical (unpaired) electrons. The van der Waals surface area contributed by atoms with Gasteiger partial charge in [0.05, 0.1) is 6.17 Å². The monoisotopic (exact) mass is 434 g/mol. The predicted octanol–water partition coefficient (Wildman–Crippen LogP) is 7.19. The Morgan fingerprint density at radius 3 is 2.31 bits per heavy atom. The second-order valence-corrected chi connectivity index (χ2v) is 8.80. The van der Waals surface area contributed by atoms with Crippen LogP contribution in [0.2, 0.25) is 0 Å². The summed E-state index contributed by atoms with van der Waals surface area (Å²) < 4.78 is 0. The molecule has 1 aliphatic carbocycles. The molecule has 1 unspecified atom stereocenters. The lowest BCUT2D eigenvalue weighted by molar-refractivity contribution is -0.114. The maximum Gasteiger partial charge on any atom is 0.221 e. The van der Waals surface area contributed by atoms with Crippen molar-refractivity contribution in [3.63, 3.8) is 0 Å². The number of hydrogen-bond acceptors (Lipinski definition) is 4. The van der Waals surface area contributed by atoms with E-state index in [1.807, 2.05) is 24.3 Å². The first-order valence-corrected chi connectivity index (χ1v) is 12.0. The Labute approximate surface area is 193 Å². The minimum atomic E-state index is -0.0718. The topological polar surface area (TPSA) is 65.2 Å². The standard InChI is InChI=1S/C27H38N4O/c1-4-8-23(14-13-22-9-5-6-10-22)31-25-17-15-24(16-18-25)28-20(2)29-26-11-7-12-27(19-26)30-21(3)32/h7-8,11-12,15-20,22,28-29,31H,4-6,9-10,13-14H2,1-3H3,(H,30,32)/b23-8-. The fraction of sp³-hybridized carbons (Fsp3) is 0.444. The minimum Gasteiger partial charge on any atom is -0.366 e. The Kier molecular flexibility index (Phi) is 9.02. The molecule has 0 spiro atoms. The lowest BCUT2D eigenvalue weighted by Gasteiger charge is -2.19. The van der Waals surface area contributed by atoms with Crippen molar-refractivity contribution in [2.45, 2.75) is 71.9 Å². The summed E-state index contributed by atoms with van der Waals surface area (Å²) in [6.45, 7) is 5.78. The van der Waals surface area contributed by atoms with E-state index < -0.39 is 0 Å². The third-order valence-electron chi connectivity index (χ3n) is 5.89. The quantitative estimate of drug-likeness (QED) is 0.283. The molecule has 4 N–H and O–H groups in total. The van der Waals surface area contributed by atoms with Gasteiger partial charge < -0.3 is 21.3 Å². The van der Waals surface area contributed by atoms with E-state index in [-0.39, 0.29) is 12.1 Å². The highest BCUT2D eigenvalue weighted by molar-refractivity contribution is 5.89. The molecule has 0 heterocycles. The summed E-state index contributed by atoms with van der Waals surface area (Å²) in [5.41, 5.74) is 5.26. The fourth-order valence-electron chi connectivity index (χ4n) is 4.38. The summed E-state index contributed by atoms with van der Waals surface area (Å²) >= 11 is 0. The molecule has 2 aromatic rings. The van der Waals surface area contributed by atoms with Crippen LogP contribution in [-0.2, 0) is 4.79 Å². The molecule has 1 amide bonds. The number of allylic oxidation sites excluding steroid dienone is 2. The molecule has 1 saturated carbocycles. The maximum absolute atomic E-state index is 11.3. The van der Waals surface area contributed by atoms with E-state index in [1.54, 1.807) is 0 Å². The number of anilines is 4. The number of benzene rings is 2. The van der Waals surface area contributed by atoms with Crippen molar-refractivity contribution in [1.82, 2.24) is 0 Å². The Morgan fingerprint density at radius 1 is 0.969 bits per heavy atom. The van der Waals surface area contributed by atoms with Gasteiger partial charge in [0, 0.05) is 35.4 Å². The highest BCUT2D eigenvalue weighted by Gasteiger charge is 2.15. The van der Waals surface area contributed by atoms with E-state index in [0.29, 0.717) is 0 Å². The number of nitrogens with one attached hydrogen (secondary N) is 4. The molecule has 3 rings (SSSR count). The van der Waals surface area contributed by atoms with Crippen LogP contribution in [-0.4, -0.2) is 12.1 Å². The van der Waals surface area contributed by atoms with Crippen molar-refractivity contribution in [1.29, 1.82) is 0 Å². The summed E-state index contributed by atoms with van der Waals surface area (Å²) in [7, 11) is 0. The zero-order chi connectivity index (χ0) is 22.8. The van der Waals surface area contributed by atoms with Crippen molar-refractivity contribution in [2.24, 2.45) is 5.92 Å². The first-order valence-electron chi connectivity index (χ1n) is 12.0. The van der Waals surface area contributed by atoms with Gasteiger partial charge in [0.2, 0.25) is 5.91 Å². The molecular formula is C27H38N4O. The zero-order valence-electron chi connectivity index (χ0n) is 19.7. The van der Waals surface area contributed by atoms with Crippen molar-refractivity contribution in [3.8, 4) is 0 Å². The normalized spacial score (nSPS) is 15.3. The molecule has 1 aliphatic rings. The van der Waals surface area contributed by atoms with Gasteiger partial charge in [-0.15, -0.1) is 0 Å². The first-order chi connectivity index (χ1) is 15.5. The Morgan fingerprint density at radius 2 is 1.62 bits per heavy atom. The van der Waals surface area contributed by atoms with Crippen molar-refractivity contribution < 1.29 is 4.79 Å². The number of amides is 1. The Bertz CT molecular complexity index is 885. The molecular weight excluding hydrogens is 396 g/mol. The largest absolute Gasteiger partial charge is 0.366 e. The smallest absolute Gasteiger partial charge is 0.221 e. The summed E-state index contributed by atoms with van der Waals surface area (Å²) in [6.07, 6.45) is 11.5. The van der Waals surface area contributed by atoms with Crippen LogP contribution in [0.25, 0.3) is 0 Å². The molecule has 0 saturated heterocycles. The minimum absolute atomic E-state index is 0.0309. The van der Waals surface area contributed by atoms with E-state index in [0.717, 1.165) is 41.5 Å². The Hall–Kier alpha value is -2.95. The van der Waals surface area contributed by atoms with E-state index in [1.165, 1.54) is 44.7 Å². The maximum atomic E-state index is 11.3. The molecule has 0 aliphatic heterocycles. The van der Waals surface area contributed by atoms with Gasteiger partial charge in [-0.05, 0) is 74.6 Å². The predicted molar refractivity (Wildman–Crippen MR) is 137 cm³/mol. The highest BCUT2D eigenvalue weighted by atomic mass is 16.1. The molecule has 5 heteroatoms. The molecule has 1 fully saturated rings. The highest BCUT2D eigenvalue weighted by Crippen LogP contribution is 2.30. The van der Waals surface area contributed by atoms with Crippen LogP contribution >= 0.6 is 0 Å². The van der Waals surface area contributed by atoms with Gasteiger partial charge in [-0.2, -0.15) is 0 Å². The van der Waals surface area contributed by atoms with Gasteiger partial charge in [-0.25, -0.2) is 0 Å². The van der Waals surface area contributed by atoms with Crippen LogP contribution in [0.1, 0.15) is 65.7 Å². The third kappa shape index (κ3) is 7.95. The second-order valence-electron chi connectivity index (χ2n) is 8.80. The van der Waals surface area contributed by atoms with Gasteiger partial charge in [-0.3, -0.25) is 4.79 Å². The molecule has 2 aromatic carbocycles. The van der Waals surface area contributed by atoms with E-state index in [9.17, 15) is 4.79 Å². The average Bonchev–Trinajstić information content (AvgIpc) is 3.27. The average molecular weight is 435 g/mol. The fourth-order valence-corrected chi connectivity index (χ4v) is 4.38. The molecule has 0 aromatic heterocycles. The van der Waals surface area contributed by atoms with Crippen LogP contribution in [0.3, 0.4) is 0 Å². The lowest BCUT2D eigenvalue weighted by Crippen LogP contribution is -2.24. The van der Waals surface area contributed by atoms with Gasteiger partial charge in [0.25, 0.3) is 0 Å². The zero-order valence-corrected chi connectivity index (χ0v) is 19.7. The van der Waals surface area contributed by atoms with Crippen molar-refractivity contribution >= 4 is 28.7 Å². The van der Waals surface area contributed by atoms with E-state index in [2.05, 4.69) is 65.5 Å². The van der Waals surface area contributed by atoms with Gasteiger partial charge in [0.15, 0.2) is 0 Å². The second kappa shape index (κ2) is 12.2. The summed E-state index contributed by atoms with van der Waals surface area (Å²) in [5.74, 6) is 0.842. The van der Waals surface area contributed by atoms with E-state index in [4.69, 9.17) is 0 Å². The molecule has 1 atom stereocenters. The van der Waals surface area contributed by atoms with E-state index >= 15 is 0 Å². The van der Waals surface area contributed by atoms with Crippen LogP contribution in [0.4, 0.5) is 22.7 Å². The summed E-state index contributed by atoms with van der Waals surface area (Å²) in [6, 6.07) is 16.2. The molecule has 5 nitrogen and oxygen atoms in total. The number of rotatable bonds is 11. The van der Waals surface area contributed by atoms with Gasteiger partial charge in [-0.1, -0.05) is 44.7 Å². The SMILES string of the molecule is CC/C=C(/CCC1CCCC1)Nc1ccc(NC(C)Nc2cccc(NC(C)=O)c2)cc1. The van der Waals surface area contributed by atoms with Crippen LogP contribution in [0.15, 0.2) is 60.3 Å². The number of hydrogen-bond donors (Lipinski definition) is 4. The summed E-state index contributed by atoms with van der Waals surface area (Å²) in [4.78, 5) is 11.3. The number of carbonyl (C=O) groups is 1.